The minimum atomic E-state index is -2.16. The third-order valence-electron chi connectivity index (χ3n) is 8.23. The monoisotopic (exact) mass is 598 g/mol. The molecule has 1 saturated heterocycles. The predicted molar refractivity (Wildman–Crippen MR) is 161 cm³/mol. The number of ether oxygens (including phenoxy) is 3. The summed E-state index contributed by atoms with van der Waals surface area (Å²) < 4.78 is 23.1. The number of rotatable bonds is 16. The highest BCUT2D eigenvalue weighted by molar-refractivity contribution is 6.74. The van der Waals surface area contributed by atoms with Gasteiger partial charge in [0.15, 0.2) is 14.4 Å². The number of carbonyl (C=O) groups excluding carboxylic acids is 3. The van der Waals surface area contributed by atoms with Gasteiger partial charge in [0.25, 0.3) is 0 Å². The summed E-state index contributed by atoms with van der Waals surface area (Å²) in [5.41, 5.74) is -0.934. The highest BCUT2D eigenvalue weighted by Crippen LogP contribution is 2.46. The second-order valence-corrected chi connectivity index (χ2v) is 17.9. The van der Waals surface area contributed by atoms with E-state index in [4.69, 9.17) is 18.6 Å². The summed E-state index contributed by atoms with van der Waals surface area (Å²) in [6.07, 6.45) is 6.56. The van der Waals surface area contributed by atoms with Gasteiger partial charge in [-0.25, -0.2) is 4.79 Å². The number of allylic oxidation sites excluding steroid dienone is 1. The zero-order chi connectivity index (χ0) is 31.5. The second-order valence-electron chi connectivity index (χ2n) is 13.1. The van der Waals surface area contributed by atoms with E-state index < -0.39 is 49.8 Å². The summed E-state index contributed by atoms with van der Waals surface area (Å²) in [4.78, 5) is 36.5. The Morgan fingerprint density at radius 3 is 2.34 bits per heavy atom. The zero-order valence-electron chi connectivity index (χ0n) is 26.7. The Morgan fingerprint density at radius 2 is 1.78 bits per heavy atom. The molecule has 0 amide bonds. The molecule has 4 atom stereocenters. The molecule has 236 valence electrons. The maximum atomic E-state index is 12.9. The van der Waals surface area contributed by atoms with E-state index in [1.54, 1.807) is 13.8 Å². The Kier molecular flexibility index (Phi) is 14.6. The van der Waals surface area contributed by atoms with Gasteiger partial charge >= 0.3 is 11.9 Å². The van der Waals surface area contributed by atoms with E-state index in [0.29, 0.717) is 18.3 Å². The predicted octanol–water partition coefficient (Wildman–Crippen LogP) is 5.39. The van der Waals surface area contributed by atoms with Crippen LogP contribution >= 0.6 is 0 Å². The molecule has 0 aromatic heterocycles. The molecule has 1 heterocycles. The molecule has 0 aromatic rings. The van der Waals surface area contributed by atoms with Crippen LogP contribution in [0.3, 0.4) is 0 Å². The molecular weight excluding hydrogens is 544 g/mol. The molecule has 41 heavy (non-hydrogen) atoms. The smallest absolute Gasteiger partial charge is 0.330 e. The minimum absolute atomic E-state index is 0.0349. The van der Waals surface area contributed by atoms with E-state index in [1.165, 1.54) is 25.3 Å². The fourth-order valence-electron chi connectivity index (χ4n) is 4.46. The minimum Gasteiger partial charge on any atom is -0.466 e. The van der Waals surface area contributed by atoms with E-state index in [2.05, 4.69) is 40.8 Å². The van der Waals surface area contributed by atoms with E-state index in [1.807, 2.05) is 0 Å². The van der Waals surface area contributed by atoms with Gasteiger partial charge in [-0.2, -0.15) is 0 Å². The van der Waals surface area contributed by atoms with E-state index in [0.717, 1.165) is 25.7 Å². The summed E-state index contributed by atoms with van der Waals surface area (Å²) in [5, 5.41) is 23.0. The van der Waals surface area contributed by atoms with Crippen molar-refractivity contribution in [2.75, 3.05) is 13.7 Å². The van der Waals surface area contributed by atoms with Crippen LogP contribution in [-0.2, 0) is 33.0 Å². The Morgan fingerprint density at radius 1 is 1.15 bits per heavy atom. The average Bonchev–Trinajstić information content (AvgIpc) is 2.87. The standard InChI is InChI=1S/C31H54O9Si/c1-10-11-12-13-14-16-26(34)39-28-23(20-27(35)37-7)19-25(40-31(28,36)30(5,6)17-15-18-32)21-24(33)22-38-41(8,9)29(2,3)4/h15,17-18,20,24-25,28,33,36H,10-14,16,19,21-22H2,1-9H3/t24-,25+,28+,31-/m1/s1. The van der Waals surface area contributed by atoms with Gasteiger partial charge in [-0.3, -0.25) is 9.59 Å². The fraction of sp³-hybridized carbons (Fsp3) is 0.774. The third kappa shape index (κ3) is 11.1. The lowest BCUT2D eigenvalue weighted by atomic mass is 9.74. The quantitative estimate of drug-likeness (QED) is 0.0790. The van der Waals surface area contributed by atoms with Crippen LogP contribution in [0.1, 0.15) is 92.9 Å². The van der Waals surface area contributed by atoms with Crippen LogP contribution in [0.2, 0.25) is 18.1 Å². The van der Waals surface area contributed by atoms with Gasteiger partial charge in [0, 0.05) is 24.3 Å². The van der Waals surface area contributed by atoms with Crippen LogP contribution in [0, 0.1) is 5.41 Å². The number of methoxy groups -OCH3 is 1. The molecule has 10 heteroatoms. The topological polar surface area (TPSA) is 129 Å². The summed E-state index contributed by atoms with van der Waals surface area (Å²) in [5.74, 6) is -3.36. The number of carbonyl (C=O) groups is 3. The first kappa shape index (κ1) is 37.2. The van der Waals surface area contributed by atoms with Crippen LogP contribution < -0.4 is 0 Å². The lowest BCUT2D eigenvalue weighted by Crippen LogP contribution is -2.62. The number of esters is 2. The summed E-state index contributed by atoms with van der Waals surface area (Å²) in [7, 11) is -0.883. The first-order chi connectivity index (χ1) is 18.9. The van der Waals surface area contributed by atoms with Crippen LogP contribution in [0.15, 0.2) is 23.8 Å². The van der Waals surface area contributed by atoms with Crippen molar-refractivity contribution in [1.82, 2.24) is 0 Å². The van der Waals surface area contributed by atoms with Crippen LogP contribution in [0.4, 0.5) is 0 Å². The Balaban J connectivity index is 3.33. The van der Waals surface area contributed by atoms with Crippen molar-refractivity contribution in [1.29, 1.82) is 0 Å². The molecule has 0 aliphatic carbocycles. The first-order valence-corrected chi connectivity index (χ1v) is 17.7. The lowest BCUT2D eigenvalue weighted by Gasteiger charge is -2.50. The highest BCUT2D eigenvalue weighted by Gasteiger charge is 2.57. The second kappa shape index (κ2) is 16.1. The molecular formula is C31H54O9Si. The number of hydrogen-bond acceptors (Lipinski definition) is 9. The van der Waals surface area contributed by atoms with E-state index >= 15 is 0 Å². The van der Waals surface area contributed by atoms with E-state index in [9.17, 15) is 24.6 Å². The van der Waals surface area contributed by atoms with Crippen molar-refractivity contribution in [3.05, 3.63) is 23.8 Å². The fourth-order valence-corrected chi connectivity index (χ4v) is 5.50. The molecule has 0 saturated carbocycles. The molecule has 0 spiro atoms. The molecule has 0 unspecified atom stereocenters. The summed E-state index contributed by atoms with van der Waals surface area (Å²) >= 11 is 0. The Hall–Kier alpha value is -1.85. The SMILES string of the molecule is CCCCCCCC(=O)O[C@H]1C(=CC(=O)OC)C[C@@H](C[C@@H](O)CO[Si](C)(C)C(C)(C)C)O[C@@]1(O)C(C)(C)C=CC=O. The number of unbranched alkanes of at least 4 members (excludes halogenated alkanes) is 4. The number of hydrogen-bond donors (Lipinski definition) is 2. The molecule has 1 aliphatic rings. The van der Waals surface area contributed by atoms with Crippen molar-refractivity contribution in [2.24, 2.45) is 5.41 Å². The summed E-state index contributed by atoms with van der Waals surface area (Å²) in [6.45, 7) is 16.0. The van der Waals surface area contributed by atoms with Crippen molar-refractivity contribution in [2.45, 2.75) is 135 Å². The normalized spacial score (nSPS) is 23.9. The molecule has 1 rings (SSSR count). The molecule has 1 fully saturated rings. The molecule has 0 radical (unpaired) electrons. The first-order valence-electron chi connectivity index (χ1n) is 14.8. The lowest BCUT2D eigenvalue weighted by molar-refractivity contribution is -0.327. The maximum absolute atomic E-state index is 12.9. The third-order valence-corrected chi connectivity index (χ3v) is 12.7. The van der Waals surface area contributed by atoms with Gasteiger partial charge in [0.05, 0.1) is 25.9 Å². The number of aliphatic hydroxyl groups is 2. The molecule has 0 bridgehead atoms. The zero-order valence-corrected chi connectivity index (χ0v) is 27.7. The number of aldehydes is 1. The molecule has 1 aliphatic heterocycles. The number of aliphatic hydroxyl groups excluding tert-OH is 1. The van der Waals surface area contributed by atoms with Crippen molar-refractivity contribution in [3.63, 3.8) is 0 Å². The van der Waals surface area contributed by atoms with Gasteiger partial charge in [0.2, 0.25) is 5.79 Å². The molecule has 0 aromatic carbocycles. The molecule has 9 nitrogen and oxygen atoms in total. The van der Waals surface area contributed by atoms with Crippen molar-refractivity contribution >= 4 is 26.5 Å². The van der Waals surface area contributed by atoms with Crippen LogP contribution in [0.25, 0.3) is 0 Å². The highest BCUT2D eigenvalue weighted by atomic mass is 28.4. The van der Waals surface area contributed by atoms with Gasteiger partial charge in [-0.05, 0) is 42.6 Å². The van der Waals surface area contributed by atoms with E-state index in [-0.39, 0.29) is 30.9 Å². The van der Waals surface area contributed by atoms with Crippen LogP contribution in [0.5, 0.6) is 0 Å². The molecule has 2 N–H and O–H groups in total. The van der Waals surface area contributed by atoms with Gasteiger partial charge in [0.1, 0.15) is 6.29 Å². The maximum Gasteiger partial charge on any atom is 0.330 e. The Labute approximate surface area is 247 Å². The van der Waals surface area contributed by atoms with Crippen molar-refractivity contribution in [3.8, 4) is 0 Å². The Bertz CT molecular complexity index is 919. The summed E-state index contributed by atoms with van der Waals surface area (Å²) in [6, 6.07) is 0. The van der Waals surface area contributed by atoms with Crippen LogP contribution in [-0.4, -0.2) is 74.6 Å². The van der Waals surface area contributed by atoms with Gasteiger partial charge < -0.3 is 28.8 Å². The largest absolute Gasteiger partial charge is 0.466 e. The van der Waals surface area contributed by atoms with Crippen molar-refractivity contribution < 1.29 is 43.2 Å². The van der Waals surface area contributed by atoms with Gasteiger partial charge in [-0.15, -0.1) is 0 Å². The van der Waals surface area contributed by atoms with Gasteiger partial charge in [-0.1, -0.05) is 73.3 Å². The average molecular weight is 599 g/mol.